The summed E-state index contributed by atoms with van der Waals surface area (Å²) in [4.78, 5) is 9.46. The van der Waals surface area contributed by atoms with Crippen molar-refractivity contribution in [3.63, 3.8) is 0 Å². The van der Waals surface area contributed by atoms with E-state index in [4.69, 9.17) is 4.42 Å². The SMILES string of the molecule is FC(F)(F)c1ncc(-c2ccc3ncoc3c2)[nH]1. The molecule has 0 bridgehead atoms. The Bertz CT molecular complexity index is 699. The number of aromatic amines is 1. The third kappa shape index (κ3) is 1.73. The van der Waals surface area contributed by atoms with Gasteiger partial charge in [-0.25, -0.2) is 9.97 Å². The number of benzene rings is 1. The Morgan fingerprint density at radius 3 is 2.72 bits per heavy atom. The lowest BCUT2D eigenvalue weighted by Crippen LogP contribution is -2.07. The number of aromatic nitrogens is 3. The Morgan fingerprint density at radius 2 is 2.00 bits per heavy atom. The summed E-state index contributed by atoms with van der Waals surface area (Å²) in [5.41, 5.74) is 1.99. The number of H-pyrrole nitrogens is 1. The number of oxazole rings is 1. The van der Waals surface area contributed by atoms with Crippen LogP contribution in [0.2, 0.25) is 0 Å². The molecule has 0 atom stereocenters. The molecule has 0 amide bonds. The largest absolute Gasteiger partial charge is 0.449 e. The lowest BCUT2D eigenvalue weighted by molar-refractivity contribution is -0.144. The molecule has 0 saturated heterocycles. The second kappa shape index (κ2) is 3.59. The quantitative estimate of drug-likeness (QED) is 0.724. The Labute approximate surface area is 98.5 Å². The molecule has 0 aliphatic carbocycles. The molecule has 0 saturated carbocycles. The van der Waals surface area contributed by atoms with Crippen LogP contribution in [0.15, 0.2) is 35.2 Å². The minimum absolute atomic E-state index is 0.278. The van der Waals surface area contributed by atoms with Crippen LogP contribution in [0.5, 0.6) is 0 Å². The molecule has 0 radical (unpaired) electrons. The van der Waals surface area contributed by atoms with E-state index < -0.39 is 12.0 Å². The normalized spacial score (nSPS) is 12.2. The van der Waals surface area contributed by atoms with Crippen molar-refractivity contribution in [2.24, 2.45) is 0 Å². The summed E-state index contributed by atoms with van der Waals surface area (Å²) < 4.78 is 42.3. The summed E-state index contributed by atoms with van der Waals surface area (Å²) in [5, 5.41) is 0. The van der Waals surface area contributed by atoms with E-state index >= 15 is 0 Å². The molecule has 0 unspecified atom stereocenters. The van der Waals surface area contributed by atoms with Crippen molar-refractivity contribution in [1.29, 1.82) is 0 Å². The van der Waals surface area contributed by atoms with Gasteiger partial charge in [0.1, 0.15) is 5.52 Å². The first-order valence-corrected chi connectivity index (χ1v) is 5.00. The van der Waals surface area contributed by atoms with E-state index in [1.54, 1.807) is 18.2 Å². The summed E-state index contributed by atoms with van der Waals surface area (Å²) in [6, 6.07) is 4.93. The van der Waals surface area contributed by atoms with Gasteiger partial charge in [0.05, 0.1) is 11.9 Å². The molecule has 92 valence electrons. The molecule has 1 aromatic carbocycles. The molecule has 1 N–H and O–H groups in total. The standard InChI is InChI=1S/C11H6F3N3O/c12-11(13,14)10-15-4-8(17-10)6-1-2-7-9(3-6)18-5-16-7/h1-5H,(H,15,17). The first-order valence-electron chi connectivity index (χ1n) is 5.00. The monoisotopic (exact) mass is 253 g/mol. The number of imidazole rings is 1. The summed E-state index contributed by atoms with van der Waals surface area (Å²) in [6.07, 6.45) is -2.06. The van der Waals surface area contributed by atoms with E-state index in [0.29, 0.717) is 16.7 Å². The average Bonchev–Trinajstić information content (AvgIpc) is 2.96. The van der Waals surface area contributed by atoms with Crippen LogP contribution in [-0.2, 0) is 6.18 Å². The van der Waals surface area contributed by atoms with E-state index in [1.807, 2.05) is 0 Å². The number of rotatable bonds is 1. The lowest BCUT2D eigenvalue weighted by atomic mass is 10.1. The minimum atomic E-state index is -4.48. The number of hydrogen-bond acceptors (Lipinski definition) is 3. The number of nitrogens with one attached hydrogen (secondary N) is 1. The summed E-state index contributed by atoms with van der Waals surface area (Å²) >= 11 is 0. The van der Waals surface area contributed by atoms with Gasteiger partial charge in [-0.2, -0.15) is 13.2 Å². The molecule has 3 rings (SSSR count). The molecule has 0 spiro atoms. The van der Waals surface area contributed by atoms with Crippen molar-refractivity contribution in [3.8, 4) is 11.3 Å². The van der Waals surface area contributed by atoms with E-state index in [9.17, 15) is 13.2 Å². The lowest BCUT2D eigenvalue weighted by Gasteiger charge is -2.01. The highest BCUT2D eigenvalue weighted by molar-refractivity contribution is 5.78. The Morgan fingerprint density at radius 1 is 1.17 bits per heavy atom. The molecular formula is C11H6F3N3O. The first-order chi connectivity index (χ1) is 8.54. The predicted octanol–water partition coefficient (Wildman–Crippen LogP) is 3.24. The van der Waals surface area contributed by atoms with E-state index in [0.717, 1.165) is 6.20 Å². The zero-order chi connectivity index (χ0) is 12.8. The van der Waals surface area contributed by atoms with Crippen LogP contribution in [0, 0.1) is 0 Å². The first kappa shape index (κ1) is 10.8. The van der Waals surface area contributed by atoms with Crippen LogP contribution in [-0.4, -0.2) is 15.0 Å². The Balaban J connectivity index is 2.06. The van der Waals surface area contributed by atoms with Crippen LogP contribution < -0.4 is 0 Å². The van der Waals surface area contributed by atoms with Crippen LogP contribution >= 0.6 is 0 Å². The average molecular weight is 253 g/mol. The van der Waals surface area contributed by atoms with Gasteiger partial charge in [-0.15, -0.1) is 0 Å². The topological polar surface area (TPSA) is 54.7 Å². The molecule has 2 heterocycles. The molecule has 7 heteroatoms. The van der Waals surface area contributed by atoms with Crippen molar-refractivity contribution in [2.45, 2.75) is 6.18 Å². The van der Waals surface area contributed by atoms with Crippen molar-refractivity contribution < 1.29 is 17.6 Å². The van der Waals surface area contributed by atoms with Gasteiger partial charge in [-0.1, -0.05) is 6.07 Å². The van der Waals surface area contributed by atoms with Crippen LogP contribution in [0.4, 0.5) is 13.2 Å². The van der Waals surface area contributed by atoms with E-state index in [2.05, 4.69) is 15.0 Å². The van der Waals surface area contributed by atoms with Gasteiger partial charge >= 0.3 is 6.18 Å². The number of halogens is 3. The van der Waals surface area contributed by atoms with E-state index in [-0.39, 0.29) is 5.69 Å². The van der Waals surface area contributed by atoms with Crippen LogP contribution in [0.25, 0.3) is 22.4 Å². The Hall–Kier alpha value is -2.31. The molecule has 0 aliphatic rings. The van der Waals surface area contributed by atoms with Gasteiger partial charge in [-0.05, 0) is 12.1 Å². The summed E-state index contributed by atoms with van der Waals surface area (Å²) in [7, 11) is 0. The number of fused-ring (bicyclic) bond motifs is 1. The third-order valence-electron chi connectivity index (χ3n) is 2.49. The maximum absolute atomic E-state index is 12.4. The van der Waals surface area contributed by atoms with Gasteiger partial charge in [0.2, 0.25) is 5.82 Å². The molecule has 0 fully saturated rings. The number of hydrogen-bond donors (Lipinski definition) is 1. The number of alkyl halides is 3. The summed E-state index contributed by atoms with van der Waals surface area (Å²) in [6.45, 7) is 0. The van der Waals surface area contributed by atoms with Crippen molar-refractivity contribution in [3.05, 3.63) is 36.6 Å². The molecule has 18 heavy (non-hydrogen) atoms. The molecular weight excluding hydrogens is 247 g/mol. The van der Waals surface area contributed by atoms with Crippen LogP contribution in [0.1, 0.15) is 5.82 Å². The highest BCUT2D eigenvalue weighted by atomic mass is 19.4. The maximum atomic E-state index is 12.4. The van der Waals surface area contributed by atoms with Gasteiger partial charge in [0, 0.05) is 5.56 Å². The van der Waals surface area contributed by atoms with Crippen molar-refractivity contribution >= 4 is 11.1 Å². The highest BCUT2D eigenvalue weighted by Gasteiger charge is 2.34. The van der Waals surface area contributed by atoms with Crippen LogP contribution in [0.3, 0.4) is 0 Å². The fourth-order valence-corrected chi connectivity index (χ4v) is 1.63. The maximum Gasteiger partial charge on any atom is 0.449 e. The fourth-order valence-electron chi connectivity index (χ4n) is 1.63. The van der Waals surface area contributed by atoms with Gasteiger partial charge < -0.3 is 9.40 Å². The second-order valence-corrected chi connectivity index (χ2v) is 3.68. The highest BCUT2D eigenvalue weighted by Crippen LogP contribution is 2.29. The third-order valence-corrected chi connectivity index (χ3v) is 2.49. The zero-order valence-corrected chi connectivity index (χ0v) is 8.82. The van der Waals surface area contributed by atoms with Gasteiger partial charge in [-0.3, -0.25) is 0 Å². The fraction of sp³-hybridized carbons (Fsp3) is 0.0909. The second-order valence-electron chi connectivity index (χ2n) is 3.68. The minimum Gasteiger partial charge on any atom is -0.443 e. The molecule has 4 nitrogen and oxygen atoms in total. The van der Waals surface area contributed by atoms with Gasteiger partial charge in [0.25, 0.3) is 0 Å². The smallest absolute Gasteiger partial charge is 0.443 e. The summed E-state index contributed by atoms with van der Waals surface area (Å²) in [5.74, 6) is -1.02. The van der Waals surface area contributed by atoms with Gasteiger partial charge in [0.15, 0.2) is 12.0 Å². The van der Waals surface area contributed by atoms with Crippen molar-refractivity contribution in [2.75, 3.05) is 0 Å². The Kier molecular flexibility index (Phi) is 2.16. The molecule has 2 aromatic heterocycles. The molecule has 0 aliphatic heterocycles. The van der Waals surface area contributed by atoms with E-state index in [1.165, 1.54) is 6.39 Å². The molecule has 3 aromatic rings. The van der Waals surface area contributed by atoms with Crippen molar-refractivity contribution in [1.82, 2.24) is 15.0 Å². The number of nitrogens with zero attached hydrogens (tertiary/aromatic N) is 2. The predicted molar refractivity (Wildman–Crippen MR) is 56.6 cm³/mol. The zero-order valence-electron chi connectivity index (χ0n) is 8.82.